The summed E-state index contributed by atoms with van der Waals surface area (Å²) in [5.41, 5.74) is 1.00. The fourth-order valence-electron chi connectivity index (χ4n) is 3.15. The van der Waals surface area contributed by atoms with Gasteiger partial charge in [0.25, 0.3) is 0 Å². The number of hydrogen-bond acceptors (Lipinski definition) is 2. The van der Waals surface area contributed by atoms with Crippen molar-refractivity contribution >= 4 is 0 Å². The molecule has 1 aromatic heterocycles. The highest BCUT2D eigenvalue weighted by Gasteiger charge is 2.28. The van der Waals surface area contributed by atoms with Crippen molar-refractivity contribution in [3.63, 3.8) is 0 Å². The van der Waals surface area contributed by atoms with Gasteiger partial charge in [-0.3, -0.25) is 4.68 Å². The van der Waals surface area contributed by atoms with Gasteiger partial charge in [0.1, 0.15) is 0 Å². The predicted octanol–water partition coefficient (Wildman–Crippen LogP) is 3.54. The largest absolute Gasteiger partial charge is 0.388 e. The van der Waals surface area contributed by atoms with Gasteiger partial charge in [0.15, 0.2) is 0 Å². The average Bonchev–Trinajstić information content (AvgIpc) is 2.87. The third-order valence-corrected chi connectivity index (χ3v) is 4.29. The van der Waals surface area contributed by atoms with Crippen molar-refractivity contribution in [2.75, 3.05) is 0 Å². The molecular weight excluding hydrogens is 224 g/mol. The molecule has 0 radical (unpaired) electrons. The standard InChI is InChI=1S/C15H26N2O/c1-3-8-17-11-14(10-16-17)15(18)13-7-5-6-12(4-2)9-13/h10-13,15,18H,3-9H2,1-2H3. The molecule has 18 heavy (non-hydrogen) atoms. The molecule has 1 N–H and O–H groups in total. The SMILES string of the molecule is CCCn1cc(C(O)C2CCCC(CC)C2)cn1. The van der Waals surface area contributed by atoms with Gasteiger partial charge >= 0.3 is 0 Å². The van der Waals surface area contributed by atoms with Gasteiger partial charge in [0.05, 0.1) is 12.3 Å². The first kappa shape index (κ1) is 13.6. The van der Waals surface area contributed by atoms with Crippen LogP contribution in [-0.2, 0) is 6.54 Å². The maximum atomic E-state index is 10.5. The van der Waals surface area contributed by atoms with Crippen molar-refractivity contribution in [3.05, 3.63) is 18.0 Å². The molecular formula is C15H26N2O. The normalized spacial score (nSPS) is 26.2. The van der Waals surface area contributed by atoms with Crippen LogP contribution < -0.4 is 0 Å². The number of aromatic nitrogens is 2. The Morgan fingerprint density at radius 2 is 2.28 bits per heavy atom. The number of aliphatic hydroxyl groups is 1. The molecule has 0 saturated heterocycles. The number of aliphatic hydroxyl groups excluding tert-OH is 1. The van der Waals surface area contributed by atoms with E-state index in [0.717, 1.165) is 30.9 Å². The Labute approximate surface area is 110 Å². The van der Waals surface area contributed by atoms with Crippen LogP contribution in [0, 0.1) is 11.8 Å². The maximum Gasteiger partial charge on any atom is 0.0848 e. The molecule has 1 heterocycles. The fourth-order valence-corrected chi connectivity index (χ4v) is 3.15. The zero-order valence-corrected chi connectivity index (χ0v) is 11.7. The lowest BCUT2D eigenvalue weighted by molar-refractivity contribution is 0.0677. The predicted molar refractivity (Wildman–Crippen MR) is 73.2 cm³/mol. The van der Waals surface area contributed by atoms with Gasteiger partial charge in [-0.05, 0) is 31.1 Å². The lowest BCUT2D eigenvalue weighted by Crippen LogP contribution is -2.21. The second-order valence-electron chi connectivity index (χ2n) is 5.68. The molecule has 3 unspecified atom stereocenters. The highest BCUT2D eigenvalue weighted by Crippen LogP contribution is 2.38. The van der Waals surface area contributed by atoms with Crippen LogP contribution in [0.15, 0.2) is 12.4 Å². The van der Waals surface area contributed by atoms with E-state index in [1.165, 1.54) is 25.7 Å². The molecule has 1 fully saturated rings. The number of aryl methyl sites for hydroxylation is 1. The smallest absolute Gasteiger partial charge is 0.0848 e. The molecule has 3 atom stereocenters. The quantitative estimate of drug-likeness (QED) is 0.868. The molecule has 2 rings (SSSR count). The average molecular weight is 250 g/mol. The summed E-state index contributed by atoms with van der Waals surface area (Å²) in [6.07, 6.45) is 10.8. The molecule has 1 saturated carbocycles. The van der Waals surface area contributed by atoms with Crippen LogP contribution in [0.3, 0.4) is 0 Å². The first-order chi connectivity index (χ1) is 8.74. The van der Waals surface area contributed by atoms with Crippen LogP contribution in [0.2, 0.25) is 0 Å². The molecule has 1 aliphatic carbocycles. The third-order valence-electron chi connectivity index (χ3n) is 4.29. The van der Waals surface area contributed by atoms with Crippen LogP contribution in [-0.4, -0.2) is 14.9 Å². The molecule has 1 aromatic rings. The third kappa shape index (κ3) is 3.14. The Morgan fingerprint density at radius 3 is 3.00 bits per heavy atom. The Hall–Kier alpha value is -0.830. The van der Waals surface area contributed by atoms with Gasteiger partial charge in [-0.2, -0.15) is 5.10 Å². The van der Waals surface area contributed by atoms with Gasteiger partial charge in [0, 0.05) is 18.3 Å². The molecule has 0 aliphatic heterocycles. The van der Waals surface area contributed by atoms with E-state index < -0.39 is 0 Å². The maximum absolute atomic E-state index is 10.5. The van der Waals surface area contributed by atoms with Gasteiger partial charge in [-0.15, -0.1) is 0 Å². The molecule has 0 amide bonds. The summed E-state index contributed by atoms with van der Waals surface area (Å²) in [6, 6.07) is 0. The molecule has 0 aromatic carbocycles. The molecule has 0 bridgehead atoms. The van der Waals surface area contributed by atoms with Gasteiger partial charge < -0.3 is 5.11 Å². The Kier molecular flexibility index (Phi) is 4.81. The topological polar surface area (TPSA) is 38.0 Å². The summed E-state index contributed by atoms with van der Waals surface area (Å²) >= 11 is 0. The summed E-state index contributed by atoms with van der Waals surface area (Å²) in [5.74, 6) is 1.24. The monoisotopic (exact) mass is 250 g/mol. The summed E-state index contributed by atoms with van der Waals surface area (Å²) in [5, 5.41) is 14.8. The Morgan fingerprint density at radius 1 is 1.44 bits per heavy atom. The number of rotatable bonds is 5. The zero-order chi connectivity index (χ0) is 13.0. The molecule has 0 spiro atoms. The van der Waals surface area contributed by atoms with Gasteiger partial charge in [-0.1, -0.05) is 33.1 Å². The van der Waals surface area contributed by atoms with Crippen LogP contribution in [0.25, 0.3) is 0 Å². The van der Waals surface area contributed by atoms with Crippen molar-refractivity contribution < 1.29 is 5.11 Å². The van der Waals surface area contributed by atoms with Crippen molar-refractivity contribution in [3.8, 4) is 0 Å². The van der Waals surface area contributed by atoms with Crippen molar-refractivity contribution in [2.45, 2.75) is 65.0 Å². The van der Waals surface area contributed by atoms with Crippen LogP contribution in [0.4, 0.5) is 0 Å². The van der Waals surface area contributed by atoms with E-state index >= 15 is 0 Å². The summed E-state index contributed by atoms with van der Waals surface area (Å²) in [4.78, 5) is 0. The highest BCUT2D eigenvalue weighted by molar-refractivity contribution is 5.09. The number of nitrogens with zero attached hydrogens (tertiary/aromatic N) is 2. The lowest BCUT2D eigenvalue weighted by Gasteiger charge is -2.31. The lowest BCUT2D eigenvalue weighted by atomic mass is 9.76. The van der Waals surface area contributed by atoms with E-state index in [0.29, 0.717) is 5.92 Å². The summed E-state index contributed by atoms with van der Waals surface area (Å²) in [6.45, 7) is 5.35. The van der Waals surface area contributed by atoms with E-state index in [9.17, 15) is 5.11 Å². The van der Waals surface area contributed by atoms with E-state index in [1.54, 1.807) is 0 Å². The highest BCUT2D eigenvalue weighted by atomic mass is 16.3. The van der Waals surface area contributed by atoms with E-state index in [2.05, 4.69) is 18.9 Å². The van der Waals surface area contributed by atoms with Crippen molar-refractivity contribution in [2.24, 2.45) is 11.8 Å². The van der Waals surface area contributed by atoms with Crippen molar-refractivity contribution in [1.29, 1.82) is 0 Å². The molecule has 102 valence electrons. The fraction of sp³-hybridized carbons (Fsp3) is 0.800. The van der Waals surface area contributed by atoms with Gasteiger partial charge in [0.2, 0.25) is 0 Å². The van der Waals surface area contributed by atoms with Crippen LogP contribution >= 0.6 is 0 Å². The molecule has 3 heteroatoms. The number of hydrogen-bond donors (Lipinski definition) is 1. The van der Waals surface area contributed by atoms with Crippen molar-refractivity contribution in [1.82, 2.24) is 9.78 Å². The van der Waals surface area contributed by atoms with E-state index in [1.807, 2.05) is 17.1 Å². The van der Waals surface area contributed by atoms with E-state index in [-0.39, 0.29) is 6.10 Å². The summed E-state index contributed by atoms with van der Waals surface area (Å²) < 4.78 is 1.94. The Balaban J connectivity index is 1.98. The Bertz CT molecular complexity index is 361. The minimum Gasteiger partial charge on any atom is -0.388 e. The second-order valence-corrected chi connectivity index (χ2v) is 5.68. The zero-order valence-electron chi connectivity index (χ0n) is 11.7. The molecule has 1 aliphatic rings. The first-order valence-electron chi connectivity index (χ1n) is 7.45. The van der Waals surface area contributed by atoms with Crippen LogP contribution in [0.5, 0.6) is 0 Å². The minimum atomic E-state index is -0.315. The first-order valence-corrected chi connectivity index (χ1v) is 7.45. The second kappa shape index (κ2) is 6.37. The summed E-state index contributed by atoms with van der Waals surface area (Å²) in [7, 11) is 0. The molecule has 3 nitrogen and oxygen atoms in total. The van der Waals surface area contributed by atoms with E-state index in [4.69, 9.17) is 0 Å². The minimum absolute atomic E-state index is 0.315. The van der Waals surface area contributed by atoms with Gasteiger partial charge in [-0.25, -0.2) is 0 Å². The van der Waals surface area contributed by atoms with Crippen LogP contribution in [0.1, 0.15) is 64.0 Å².